The minimum Gasteiger partial charge on any atom is -0.355 e. The Kier molecular flexibility index (Phi) is 4.80. The van der Waals surface area contributed by atoms with Gasteiger partial charge in [0.1, 0.15) is 0 Å². The van der Waals surface area contributed by atoms with Crippen molar-refractivity contribution in [2.75, 3.05) is 18.0 Å². The fourth-order valence-electron chi connectivity index (χ4n) is 3.58. The van der Waals surface area contributed by atoms with Crippen LogP contribution in [0.2, 0.25) is 0 Å². The second-order valence-electron chi connectivity index (χ2n) is 7.26. The van der Waals surface area contributed by atoms with Gasteiger partial charge in [-0.1, -0.05) is 17.7 Å². The molecule has 1 saturated heterocycles. The van der Waals surface area contributed by atoms with Gasteiger partial charge in [-0.2, -0.15) is 25.7 Å². The number of alkyl halides is 3. The van der Waals surface area contributed by atoms with Crippen molar-refractivity contribution in [3.63, 3.8) is 0 Å². The average molecular weight is 423 g/mol. The van der Waals surface area contributed by atoms with Crippen LogP contribution in [0.1, 0.15) is 30.4 Å². The molecule has 0 amide bonds. The second-order valence-corrected chi connectivity index (χ2v) is 9.03. The van der Waals surface area contributed by atoms with Gasteiger partial charge in [0.15, 0.2) is 5.82 Å². The number of benzene rings is 2. The molecule has 9 heteroatoms. The first-order chi connectivity index (χ1) is 13.7. The van der Waals surface area contributed by atoms with Crippen molar-refractivity contribution < 1.29 is 21.6 Å². The lowest BCUT2D eigenvalue weighted by molar-refractivity contribution is -0.137. The standard InChI is InChI=1S/C20H20F3N3O2S/c1-14-5-8-16(9-6-14)29(27,28)26-18-13-15(20(21,22)23)7-10-17(18)19(24-26)25-11-3-2-4-12-25/h5-10,13H,2-4,11-12H2,1H3. The molecule has 1 aromatic heterocycles. The van der Waals surface area contributed by atoms with Crippen LogP contribution in [0.15, 0.2) is 47.4 Å². The van der Waals surface area contributed by atoms with Gasteiger partial charge in [0, 0.05) is 18.5 Å². The molecule has 1 aliphatic heterocycles. The lowest BCUT2D eigenvalue weighted by atomic mass is 10.1. The molecule has 4 rings (SSSR count). The minimum absolute atomic E-state index is 0.0184. The number of halogens is 3. The number of rotatable bonds is 3. The van der Waals surface area contributed by atoms with E-state index in [4.69, 9.17) is 0 Å². The van der Waals surface area contributed by atoms with E-state index in [0.717, 1.165) is 41.0 Å². The summed E-state index contributed by atoms with van der Waals surface area (Å²) < 4.78 is 67.0. The highest BCUT2D eigenvalue weighted by Crippen LogP contribution is 2.36. The van der Waals surface area contributed by atoms with Crippen LogP contribution in [0.3, 0.4) is 0 Å². The number of aryl methyl sites for hydroxylation is 1. The lowest BCUT2D eigenvalue weighted by Gasteiger charge is -2.26. The molecule has 1 aliphatic rings. The van der Waals surface area contributed by atoms with Gasteiger partial charge in [-0.25, -0.2) is 0 Å². The topological polar surface area (TPSA) is 55.2 Å². The number of nitrogens with zero attached hydrogens (tertiary/aromatic N) is 3. The zero-order valence-electron chi connectivity index (χ0n) is 15.8. The van der Waals surface area contributed by atoms with Crippen LogP contribution in [-0.4, -0.2) is 30.7 Å². The normalized spacial score (nSPS) is 15.8. The van der Waals surface area contributed by atoms with Gasteiger partial charge in [0.05, 0.1) is 16.0 Å². The number of hydrogen-bond donors (Lipinski definition) is 0. The fourth-order valence-corrected chi connectivity index (χ4v) is 4.86. The number of anilines is 1. The molecule has 0 radical (unpaired) electrons. The molecular weight excluding hydrogens is 403 g/mol. The van der Waals surface area contributed by atoms with E-state index in [9.17, 15) is 21.6 Å². The van der Waals surface area contributed by atoms with Gasteiger partial charge in [-0.15, -0.1) is 5.10 Å². The van der Waals surface area contributed by atoms with Crippen molar-refractivity contribution in [2.24, 2.45) is 0 Å². The zero-order valence-corrected chi connectivity index (χ0v) is 16.6. The summed E-state index contributed by atoms with van der Waals surface area (Å²) in [6.07, 6.45) is -1.66. The summed E-state index contributed by atoms with van der Waals surface area (Å²) in [5.41, 5.74) is -0.0981. The van der Waals surface area contributed by atoms with Gasteiger partial charge in [-0.05, 0) is 56.5 Å². The first-order valence-corrected chi connectivity index (χ1v) is 10.8. The summed E-state index contributed by atoms with van der Waals surface area (Å²) in [6, 6.07) is 9.31. The maximum atomic E-state index is 13.3. The van der Waals surface area contributed by atoms with Crippen LogP contribution in [0.25, 0.3) is 10.9 Å². The molecule has 0 aliphatic carbocycles. The molecule has 5 nitrogen and oxygen atoms in total. The molecule has 0 bridgehead atoms. The van der Waals surface area contributed by atoms with Crippen LogP contribution in [0.5, 0.6) is 0 Å². The summed E-state index contributed by atoms with van der Waals surface area (Å²) in [6.45, 7) is 3.21. The zero-order chi connectivity index (χ0) is 20.8. The van der Waals surface area contributed by atoms with E-state index in [1.165, 1.54) is 18.2 Å². The van der Waals surface area contributed by atoms with E-state index in [0.29, 0.717) is 24.3 Å². The van der Waals surface area contributed by atoms with Gasteiger partial charge in [0.25, 0.3) is 10.0 Å². The monoisotopic (exact) mass is 423 g/mol. The molecule has 29 heavy (non-hydrogen) atoms. The average Bonchev–Trinajstić information content (AvgIpc) is 3.08. The Balaban J connectivity index is 1.95. The lowest BCUT2D eigenvalue weighted by Crippen LogP contribution is -2.30. The highest BCUT2D eigenvalue weighted by Gasteiger charge is 2.33. The third-order valence-corrected chi connectivity index (χ3v) is 6.76. The predicted octanol–water partition coefficient (Wildman–Crippen LogP) is 4.59. The molecule has 0 N–H and O–H groups in total. The molecule has 0 atom stereocenters. The Morgan fingerprint density at radius 1 is 0.966 bits per heavy atom. The second kappa shape index (κ2) is 7.05. The van der Waals surface area contributed by atoms with Gasteiger partial charge in [-0.3, -0.25) is 0 Å². The largest absolute Gasteiger partial charge is 0.416 e. The third kappa shape index (κ3) is 3.59. The smallest absolute Gasteiger partial charge is 0.355 e. The minimum atomic E-state index is -4.58. The van der Waals surface area contributed by atoms with Gasteiger partial charge >= 0.3 is 6.18 Å². The van der Waals surface area contributed by atoms with Gasteiger partial charge < -0.3 is 4.90 Å². The maximum Gasteiger partial charge on any atom is 0.416 e. The Hall–Kier alpha value is -2.55. The molecule has 0 unspecified atom stereocenters. The number of fused-ring (bicyclic) bond motifs is 1. The fraction of sp³-hybridized carbons (Fsp3) is 0.350. The molecule has 154 valence electrons. The summed E-state index contributed by atoms with van der Waals surface area (Å²) in [7, 11) is -4.15. The van der Waals surface area contributed by atoms with E-state index >= 15 is 0 Å². The van der Waals surface area contributed by atoms with Crippen molar-refractivity contribution in [3.05, 3.63) is 53.6 Å². The Morgan fingerprint density at radius 3 is 2.24 bits per heavy atom. The van der Waals surface area contributed by atoms with Crippen molar-refractivity contribution in [1.29, 1.82) is 0 Å². The first kappa shape index (κ1) is 19.8. The van der Waals surface area contributed by atoms with E-state index in [2.05, 4.69) is 5.10 Å². The molecule has 1 fully saturated rings. The van der Waals surface area contributed by atoms with Crippen molar-refractivity contribution in [1.82, 2.24) is 9.19 Å². The van der Waals surface area contributed by atoms with Crippen LogP contribution >= 0.6 is 0 Å². The number of piperidine rings is 1. The van der Waals surface area contributed by atoms with E-state index in [1.54, 1.807) is 12.1 Å². The van der Waals surface area contributed by atoms with Crippen molar-refractivity contribution in [2.45, 2.75) is 37.3 Å². The molecule has 2 heterocycles. The number of aromatic nitrogens is 2. The maximum absolute atomic E-state index is 13.3. The summed E-state index contributed by atoms with van der Waals surface area (Å²) in [5, 5.41) is 4.69. The molecule has 0 saturated carbocycles. The van der Waals surface area contributed by atoms with Crippen LogP contribution in [0.4, 0.5) is 19.0 Å². The van der Waals surface area contributed by atoms with Crippen LogP contribution in [0, 0.1) is 6.92 Å². The summed E-state index contributed by atoms with van der Waals surface area (Å²) >= 11 is 0. The number of hydrogen-bond acceptors (Lipinski definition) is 4. The summed E-state index contributed by atoms with van der Waals surface area (Å²) in [5.74, 6) is 0.407. The van der Waals surface area contributed by atoms with E-state index in [-0.39, 0.29) is 10.4 Å². The first-order valence-electron chi connectivity index (χ1n) is 9.35. The van der Waals surface area contributed by atoms with Crippen LogP contribution < -0.4 is 4.90 Å². The molecule has 2 aromatic carbocycles. The SMILES string of the molecule is Cc1ccc(S(=O)(=O)n2nc(N3CCCCC3)c3ccc(C(F)(F)F)cc32)cc1. The highest BCUT2D eigenvalue weighted by atomic mass is 32.2. The Labute approximate surface area is 166 Å². The molecule has 3 aromatic rings. The third-order valence-electron chi connectivity index (χ3n) is 5.16. The Morgan fingerprint density at radius 2 is 1.62 bits per heavy atom. The van der Waals surface area contributed by atoms with Crippen molar-refractivity contribution >= 4 is 26.7 Å². The molecule has 0 spiro atoms. The quantitative estimate of drug-likeness (QED) is 0.618. The summed E-state index contributed by atoms with van der Waals surface area (Å²) in [4.78, 5) is 1.93. The van der Waals surface area contributed by atoms with Crippen molar-refractivity contribution in [3.8, 4) is 0 Å². The van der Waals surface area contributed by atoms with Crippen LogP contribution in [-0.2, 0) is 16.2 Å². The molecular formula is C20H20F3N3O2S. The predicted molar refractivity (Wildman–Crippen MR) is 105 cm³/mol. The van der Waals surface area contributed by atoms with Gasteiger partial charge in [0.2, 0.25) is 0 Å². The Bertz CT molecular complexity index is 1150. The van der Waals surface area contributed by atoms with E-state index < -0.39 is 21.8 Å². The highest BCUT2D eigenvalue weighted by molar-refractivity contribution is 7.90. The van der Waals surface area contributed by atoms with E-state index in [1.807, 2.05) is 11.8 Å².